The van der Waals surface area contributed by atoms with Crippen molar-refractivity contribution >= 4 is 10.1 Å². The van der Waals surface area contributed by atoms with Gasteiger partial charge in [-0.15, -0.1) is 0 Å². The summed E-state index contributed by atoms with van der Waals surface area (Å²) in [6, 6.07) is 19.9. The fraction of sp³-hybridized carbons (Fsp3) is 0.368. The minimum absolute atomic E-state index is 0.0541. The molecule has 0 spiro atoms. The summed E-state index contributed by atoms with van der Waals surface area (Å²) >= 11 is 0. The van der Waals surface area contributed by atoms with Gasteiger partial charge in [0, 0.05) is 5.92 Å². The highest BCUT2D eigenvalue weighted by Gasteiger charge is 2.38. The van der Waals surface area contributed by atoms with E-state index in [1.807, 2.05) is 60.7 Å². The fourth-order valence-corrected chi connectivity index (χ4v) is 3.39. The van der Waals surface area contributed by atoms with Crippen molar-refractivity contribution in [1.29, 1.82) is 0 Å². The molecule has 0 aliphatic carbocycles. The standard InChI is InChI=1S/C19H22O5S/c1-25(20,21)24-14-16-12-22-15-19(23-13-16,17-8-4-2-5-9-17)18-10-6-3-7-11-18/h2-11,16H,12-15H2,1H3. The third kappa shape index (κ3) is 4.46. The van der Waals surface area contributed by atoms with E-state index in [9.17, 15) is 8.42 Å². The Labute approximate surface area is 148 Å². The molecule has 0 saturated carbocycles. The fourth-order valence-electron chi connectivity index (χ4n) is 2.95. The zero-order valence-corrected chi connectivity index (χ0v) is 14.9. The van der Waals surface area contributed by atoms with Crippen LogP contribution >= 0.6 is 0 Å². The summed E-state index contributed by atoms with van der Waals surface area (Å²) in [7, 11) is -3.48. The molecule has 0 amide bonds. The summed E-state index contributed by atoms with van der Waals surface area (Å²) in [6.45, 7) is 1.14. The van der Waals surface area contributed by atoms with Crippen molar-refractivity contribution in [1.82, 2.24) is 0 Å². The molecule has 25 heavy (non-hydrogen) atoms. The average molecular weight is 362 g/mol. The number of hydrogen-bond acceptors (Lipinski definition) is 5. The summed E-state index contributed by atoms with van der Waals surface area (Å²) < 4.78 is 39.6. The van der Waals surface area contributed by atoms with Crippen LogP contribution in [0.15, 0.2) is 60.7 Å². The van der Waals surface area contributed by atoms with Crippen molar-refractivity contribution in [2.75, 3.05) is 32.7 Å². The molecule has 1 aliphatic heterocycles. The molecule has 0 radical (unpaired) electrons. The Bertz CT molecular complexity index is 734. The van der Waals surface area contributed by atoms with Gasteiger partial charge in [-0.2, -0.15) is 8.42 Å². The number of hydrogen-bond donors (Lipinski definition) is 0. The Balaban J connectivity index is 1.87. The molecule has 5 nitrogen and oxygen atoms in total. The lowest BCUT2D eigenvalue weighted by atomic mass is 9.86. The van der Waals surface area contributed by atoms with Crippen LogP contribution < -0.4 is 0 Å². The maximum Gasteiger partial charge on any atom is 0.264 e. The Morgan fingerprint density at radius 1 is 1.00 bits per heavy atom. The van der Waals surface area contributed by atoms with Crippen LogP contribution in [0.1, 0.15) is 11.1 Å². The first-order valence-electron chi connectivity index (χ1n) is 8.17. The SMILES string of the molecule is CS(=O)(=O)OCC1COCC(c2ccccc2)(c2ccccc2)OC1. The summed E-state index contributed by atoms with van der Waals surface area (Å²) in [5.41, 5.74) is 1.29. The van der Waals surface area contributed by atoms with E-state index in [0.29, 0.717) is 19.8 Å². The van der Waals surface area contributed by atoms with Crippen LogP contribution in [0.3, 0.4) is 0 Å². The molecule has 1 heterocycles. The van der Waals surface area contributed by atoms with Gasteiger partial charge in [0.2, 0.25) is 0 Å². The van der Waals surface area contributed by atoms with Crippen molar-refractivity contribution in [2.24, 2.45) is 5.92 Å². The lowest BCUT2D eigenvalue weighted by Gasteiger charge is -2.33. The number of benzene rings is 2. The predicted molar refractivity (Wildman–Crippen MR) is 94.7 cm³/mol. The van der Waals surface area contributed by atoms with Gasteiger partial charge in [-0.25, -0.2) is 0 Å². The van der Waals surface area contributed by atoms with E-state index in [1.54, 1.807) is 0 Å². The molecule has 0 aromatic heterocycles. The third-order valence-corrected chi connectivity index (χ3v) is 4.79. The Morgan fingerprint density at radius 2 is 1.56 bits per heavy atom. The van der Waals surface area contributed by atoms with Crippen molar-refractivity contribution in [2.45, 2.75) is 5.60 Å². The molecule has 134 valence electrons. The van der Waals surface area contributed by atoms with Crippen LogP contribution in [0.25, 0.3) is 0 Å². The van der Waals surface area contributed by atoms with Crippen LogP contribution in [0.5, 0.6) is 0 Å². The predicted octanol–water partition coefficient (Wildman–Crippen LogP) is 2.57. The monoisotopic (exact) mass is 362 g/mol. The smallest absolute Gasteiger partial charge is 0.264 e. The van der Waals surface area contributed by atoms with E-state index in [0.717, 1.165) is 17.4 Å². The van der Waals surface area contributed by atoms with Crippen LogP contribution in [0, 0.1) is 5.92 Å². The molecule has 3 rings (SSSR count). The maximum atomic E-state index is 11.2. The topological polar surface area (TPSA) is 61.8 Å². The van der Waals surface area contributed by atoms with Crippen LogP contribution in [0.2, 0.25) is 0 Å². The van der Waals surface area contributed by atoms with Gasteiger partial charge in [0.25, 0.3) is 10.1 Å². The Kier molecular flexibility index (Phi) is 5.54. The van der Waals surface area contributed by atoms with Gasteiger partial charge in [-0.05, 0) is 11.1 Å². The normalized spacial score (nSPS) is 20.8. The minimum atomic E-state index is -3.48. The molecule has 2 aromatic carbocycles. The van der Waals surface area contributed by atoms with E-state index in [2.05, 4.69) is 0 Å². The number of ether oxygens (including phenoxy) is 2. The van der Waals surface area contributed by atoms with E-state index < -0.39 is 15.7 Å². The molecule has 6 heteroatoms. The molecule has 2 aromatic rings. The van der Waals surface area contributed by atoms with Gasteiger partial charge in [0.1, 0.15) is 5.60 Å². The molecule has 1 fully saturated rings. The summed E-state index contributed by atoms with van der Waals surface area (Å²) in [5, 5.41) is 0. The quantitative estimate of drug-likeness (QED) is 0.765. The Morgan fingerprint density at radius 3 is 2.08 bits per heavy atom. The van der Waals surface area contributed by atoms with Gasteiger partial charge in [0.05, 0.1) is 32.7 Å². The third-order valence-electron chi connectivity index (χ3n) is 4.22. The molecular formula is C19H22O5S. The molecule has 1 aliphatic rings. The van der Waals surface area contributed by atoms with E-state index >= 15 is 0 Å². The van der Waals surface area contributed by atoms with Crippen LogP contribution in [-0.2, 0) is 29.4 Å². The van der Waals surface area contributed by atoms with E-state index in [1.165, 1.54) is 0 Å². The highest BCUT2D eigenvalue weighted by atomic mass is 32.2. The number of rotatable bonds is 5. The van der Waals surface area contributed by atoms with Gasteiger partial charge in [0.15, 0.2) is 0 Å². The summed E-state index contributed by atoms with van der Waals surface area (Å²) in [6.07, 6.45) is 1.05. The molecule has 1 atom stereocenters. The molecular weight excluding hydrogens is 340 g/mol. The van der Waals surface area contributed by atoms with Gasteiger partial charge in [-0.3, -0.25) is 4.18 Å². The van der Waals surface area contributed by atoms with Crippen molar-refractivity contribution in [3.63, 3.8) is 0 Å². The maximum absolute atomic E-state index is 11.2. The van der Waals surface area contributed by atoms with Gasteiger partial charge >= 0.3 is 0 Å². The highest BCUT2D eigenvalue weighted by molar-refractivity contribution is 7.85. The first-order valence-corrected chi connectivity index (χ1v) is 9.98. The van der Waals surface area contributed by atoms with E-state index in [4.69, 9.17) is 13.7 Å². The second-order valence-electron chi connectivity index (χ2n) is 6.24. The van der Waals surface area contributed by atoms with E-state index in [-0.39, 0.29) is 12.5 Å². The van der Waals surface area contributed by atoms with Gasteiger partial charge < -0.3 is 9.47 Å². The van der Waals surface area contributed by atoms with Crippen molar-refractivity contribution < 1.29 is 22.1 Å². The molecule has 0 bridgehead atoms. The van der Waals surface area contributed by atoms with Crippen LogP contribution in [-0.4, -0.2) is 41.1 Å². The zero-order chi connectivity index (χ0) is 17.8. The van der Waals surface area contributed by atoms with Crippen molar-refractivity contribution in [3.8, 4) is 0 Å². The zero-order valence-electron chi connectivity index (χ0n) is 14.1. The van der Waals surface area contributed by atoms with Crippen LogP contribution in [0.4, 0.5) is 0 Å². The first-order chi connectivity index (χ1) is 12.0. The molecule has 1 unspecified atom stereocenters. The minimum Gasteiger partial charge on any atom is -0.377 e. The highest BCUT2D eigenvalue weighted by Crippen LogP contribution is 2.36. The summed E-state index contributed by atoms with van der Waals surface area (Å²) in [4.78, 5) is 0. The average Bonchev–Trinajstić information content (AvgIpc) is 2.84. The lowest BCUT2D eigenvalue weighted by Crippen LogP contribution is -2.35. The lowest BCUT2D eigenvalue weighted by molar-refractivity contribution is -0.0463. The summed E-state index contributed by atoms with van der Waals surface area (Å²) in [5.74, 6) is -0.149. The second-order valence-corrected chi connectivity index (χ2v) is 7.88. The molecule has 0 N–H and O–H groups in total. The van der Waals surface area contributed by atoms with Gasteiger partial charge in [-0.1, -0.05) is 60.7 Å². The second kappa shape index (κ2) is 7.66. The largest absolute Gasteiger partial charge is 0.377 e. The first kappa shape index (κ1) is 18.1. The Hall–Kier alpha value is -1.73. The van der Waals surface area contributed by atoms with Crippen molar-refractivity contribution in [3.05, 3.63) is 71.8 Å². The molecule has 1 saturated heterocycles.